The summed E-state index contributed by atoms with van der Waals surface area (Å²) in [7, 11) is 0. The van der Waals surface area contributed by atoms with Gasteiger partial charge in [-0.15, -0.1) is 0 Å². The third-order valence-electron chi connectivity index (χ3n) is 6.44. The van der Waals surface area contributed by atoms with Crippen LogP contribution in [0.4, 0.5) is 0 Å². The number of morpholine rings is 1. The molecule has 1 fully saturated rings. The lowest BCUT2D eigenvalue weighted by Gasteiger charge is -2.26. The molecule has 3 aromatic rings. The molecule has 2 aromatic heterocycles. The minimum absolute atomic E-state index is 0.0785. The Labute approximate surface area is 200 Å². The van der Waals surface area contributed by atoms with Crippen LogP contribution >= 0.6 is 0 Å². The number of rotatable bonds is 6. The van der Waals surface area contributed by atoms with Crippen molar-refractivity contribution in [2.24, 2.45) is 4.99 Å². The Morgan fingerprint density at radius 2 is 1.91 bits per heavy atom. The predicted molar refractivity (Wildman–Crippen MR) is 136 cm³/mol. The molecule has 178 valence electrons. The van der Waals surface area contributed by atoms with E-state index in [1.165, 1.54) is 16.4 Å². The second-order valence-electron chi connectivity index (χ2n) is 9.48. The van der Waals surface area contributed by atoms with Gasteiger partial charge >= 0.3 is 0 Å². The van der Waals surface area contributed by atoms with E-state index in [1.54, 1.807) is 0 Å². The van der Waals surface area contributed by atoms with Crippen molar-refractivity contribution < 1.29 is 9.47 Å². The number of hydrogen-bond acceptors (Lipinski definition) is 4. The molecular formula is C28H34N4O2. The van der Waals surface area contributed by atoms with Crippen molar-refractivity contribution in [1.29, 1.82) is 0 Å². The Bertz CT molecular complexity index is 1420. The fourth-order valence-electron chi connectivity index (χ4n) is 4.79. The molecule has 0 unspecified atom stereocenters. The molecule has 5 rings (SSSR count). The van der Waals surface area contributed by atoms with E-state index in [4.69, 9.17) is 14.5 Å². The highest BCUT2D eigenvalue weighted by Gasteiger charge is 2.18. The van der Waals surface area contributed by atoms with Gasteiger partial charge in [0.25, 0.3) is 0 Å². The van der Waals surface area contributed by atoms with Crippen molar-refractivity contribution in [2.75, 3.05) is 32.8 Å². The highest BCUT2D eigenvalue weighted by Crippen LogP contribution is 2.19. The summed E-state index contributed by atoms with van der Waals surface area (Å²) in [5, 5.41) is 4.22. The Morgan fingerprint density at radius 1 is 1.12 bits per heavy atom. The van der Waals surface area contributed by atoms with E-state index >= 15 is 0 Å². The number of benzene rings is 1. The molecule has 34 heavy (non-hydrogen) atoms. The highest BCUT2D eigenvalue weighted by atomic mass is 16.5. The van der Waals surface area contributed by atoms with Crippen LogP contribution in [-0.2, 0) is 4.74 Å². The maximum atomic E-state index is 6.21. The van der Waals surface area contributed by atoms with Crippen LogP contribution in [0.15, 0.2) is 41.4 Å². The van der Waals surface area contributed by atoms with Gasteiger partial charge in [0.2, 0.25) is 0 Å². The summed E-state index contributed by atoms with van der Waals surface area (Å²) in [6, 6.07) is 12.7. The fraction of sp³-hybridized carbons (Fsp3) is 0.393. The molecule has 2 aliphatic heterocycles. The number of aromatic nitrogens is 2. The van der Waals surface area contributed by atoms with E-state index in [-0.39, 0.29) is 6.10 Å². The van der Waals surface area contributed by atoms with Gasteiger partial charge in [0.15, 0.2) is 0 Å². The molecule has 0 bridgehead atoms. The van der Waals surface area contributed by atoms with Gasteiger partial charge in [0.1, 0.15) is 5.75 Å². The number of ether oxygens (including phenoxy) is 2. The summed E-state index contributed by atoms with van der Waals surface area (Å²) in [6.45, 7) is 12.9. The number of fused-ring (bicyclic) bond motifs is 1. The van der Waals surface area contributed by atoms with Crippen LogP contribution in [0.25, 0.3) is 17.3 Å². The van der Waals surface area contributed by atoms with Gasteiger partial charge < -0.3 is 19.4 Å². The van der Waals surface area contributed by atoms with Gasteiger partial charge in [-0.2, -0.15) is 0 Å². The number of nitrogens with one attached hydrogen (secondary N) is 2. The van der Waals surface area contributed by atoms with Crippen molar-refractivity contribution in [3.05, 3.63) is 74.6 Å². The largest absolute Gasteiger partial charge is 0.489 e. The third kappa shape index (κ3) is 4.74. The van der Waals surface area contributed by atoms with Gasteiger partial charge in [0, 0.05) is 42.3 Å². The van der Waals surface area contributed by atoms with Gasteiger partial charge in [-0.05, 0) is 63.5 Å². The number of para-hydroxylation sites is 1. The van der Waals surface area contributed by atoms with Crippen molar-refractivity contribution >= 4 is 17.3 Å². The maximum absolute atomic E-state index is 6.21. The molecule has 0 amide bonds. The lowest BCUT2D eigenvalue weighted by Crippen LogP contribution is -2.37. The zero-order chi connectivity index (χ0) is 23.7. The van der Waals surface area contributed by atoms with Gasteiger partial charge in [-0.1, -0.05) is 18.2 Å². The van der Waals surface area contributed by atoms with Crippen LogP contribution in [0.3, 0.4) is 0 Å². The van der Waals surface area contributed by atoms with Gasteiger partial charge in [0.05, 0.1) is 41.1 Å². The standard InChI is InChI=1S/C28H34N4O2/c1-18(2)34-27-17-26(30-25(27)16-24-19(3)15-20(4)29-24)28-22(9-10-32-11-13-33-14-12-32)21-7-5-6-8-23(21)31-28/h5-8,15-18,29-30H,9-14H2,1-4H3/b25-16-,28-26?. The van der Waals surface area contributed by atoms with Crippen LogP contribution in [0.1, 0.15) is 37.2 Å². The quantitative estimate of drug-likeness (QED) is 0.593. The lowest BCUT2D eigenvalue weighted by molar-refractivity contribution is 0.0390. The smallest absolute Gasteiger partial charge is 0.145 e. The minimum atomic E-state index is 0.0785. The second kappa shape index (κ2) is 9.65. The number of aryl methyl sites for hydroxylation is 2. The molecule has 0 radical (unpaired) electrons. The molecule has 2 N–H and O–H groups in total. The Morgan fingerprint density at radius 3 is 2.65 bits per heavy atom. The van der Waals surface area contributed by atoms with Crippen molar-refractivity contribution in [3.8, 4) is 5.75 Å². The van der Waals surface area contributed by atoms with E-state index in [0.29, 0.717) is 0 Å². The second-order valence-corrected chi connectivity index (χ2v) is 9.48. The zero-order valence-electron chi connectivity index (χ0n) is 20.6. The molecule has 4 heterocycles. The topological polar surface area (TPSA) is 65.6 Å². The summed E-state index contributed by atoms with van der Waals surface area (Å²) in [5.41, 5.74) is 5.76. The Kier molecular flexibility index (Phi) is 6.44. The van der Waals surface area contributed by atoms with Crippen LogP contribution in [0.5, 0.6) is 5.75 Å². The van der Waals surface area contributed by atoms with Gasteiger partial charge in [-0.25, -0.2) is 4.99 Å². The summed E-state index contributed by atoms with van der Waals surface area (Å²) in [5.74, 6) is 0.850. The molecule has 0 saturated carbocycles. The van der Waals surface area contributed by atoms with E-state index < -0.39 is 0 Å². The van der Waals surface area contributed by atoms with Crippen LogP contribution < -0.4 is 26.0 Å². The molecule has 0 spiro atoms. The average molecular weight is 459 g/mol. The molecule has 0 atom stereocenters. The number of nitrogens with zero attached hydrogens (tertiary/aromatic N) is 2. The van der Waals surface area contributed by atoms with E-state index in [9.17, 15) is 0 Å². The van der Waals surface area contributed by atoms with E-state index in [0.717, 1.165) is 78.2 Å². The van der Waals surface area contributed by atoms with Crippen LogP contribution in [0.2, 0.25) is 0 Å². The van der Waals surface area contributed by atoms with Gasteiger partial charge in [-0.3, -0.25) is 4.90 Å². The summed E-state index contributed by atoms with van der Waals surface area (Å²) < 4.78 is 11.7. The van der Waals surface area contributed by atoms with Crippen molar-refractivity contribution in [3.63, 3.8) is 0 Å². The molecule has 6 nitrogen and oxygen atoms in total. The first-order valence-electron chi connectivity index (χ1n) is 12.2. The first kappa shape index (κ1) is 22.7. The SMILES string of the molecule is Cc1cc(C)c(/C=c2\[nH]c(=C3N=c4ccccc4=C3CCN3CCOCC3)cc2OC(C)C)[nH]1. The normalized spacial score (nSPS) is 18.5. The van der Waals surface area contributed by atoms with Crippen LogP contribution in [0, 0.1) is 13.8 Å². The van der Waals surface area contributed by atoms with E-state index in [2.05, 4.69) is 85.0 Å². The number of hydrogen-bond donors (Lipinski definition) is 2. The molecular weight excluding hydrogens is 424 g/mol. The Balaban J connectivity index is 1.62. The predicted octanol–water partition coefficient (Wildman–Crippen LogP) is 1.89. The lowest BCUT2D eigenvalue weighted by atomic mass is 10.1. The minimum Gasteiger partial charge on any atom is -0.489 e. The average Bonchev–Trinajstić information content (AvgIpc) is 3.48. The fourth-order valence-corrected chi connectivity index (χ4v) is 4.79. The van der Waals surface area contributed by atoms with Crippen LogP contribution in [-0.4, -0.2) is 53.8 Å². The number of aromatic amines is 2. The summed E-state index contributed by atoms with van der Waals surface area (Å²) >= 11 is 0. The van der Waals surface area contributed by atoms with Crippen molar-refractivity contribution in [1.82, 2.24) is 14.9 Å². The number of H-pyrrole nitrogens is 2. The molecule has 0 aliphatic carbocycles. The zero-order valence-corrected chi connectivity index (χ0v) is 20.6. The van der Waals surface area contributed by atoms with Crippen molar-refractivity contribution in [2.45, 2.75) is 40.2 Å². The highest BCUT2D eigenvalue weighted by molar-refractivity contribution is 5.89. The first-order valence-corrected chi connectivity index (χ1v) is 12.2. The monoisotopic (exact) mass is 458 g/mol. The first-order chi connectivity index (χ1) is 16.5. The molecule has 2 aliphatic rings. The van der Waals surface area contributed by atoms with E-state index in [1.807, 2.05) is 0 Å². The summed E-state index contributed by atoms with van der Waals surface area (Å²) in [4.78, 5) is 14.6. The molecule has 6 heteroatoms. The summed E-state index contributed by atoms with van der Waals surface area (Å²) in [6.07, 6.45) is 3.16. The third-order valence-corrected chi connectivity index (χ3v) is 6.44. The Hall–Kier alpha value is -3.09. The molecule has 1 saturated heterocycles. The molecule has 1 aromatic carbocycles. The maximum Gasteiger partial charge on any atom is 0.145 e.